The van der Waals surface area contributed by atoms with Gasteiger partial charge in [-0.25, -0.2) is 0 Å². The van der Waals surface area contributed by atoms with E-state index in [-0.39, 0.29) is 11.1 Å². The van der Waals surface area contributed by atoms with Crippen LogP contribution < -0.4 is 0 Å². The first kappa shape index (κ1) is 21.9. The van der Waals surface area contributed by atoms with Gasteiger partial charge in [-0.2, -0.15) is 26.3 Å². The maximum atomic E-state index is 13.2. The lowest BCUT2D eigenvalue weighted by atomic mass is 10.1. The van der Waals surface area contributed by atoms with Crippen molar-refractivity contribution in [2.24, 2.45) is 0 Å². The quantitative estimate of drug-likeness (QED) is 0.588. The number of hydrogen-bond donors (Lipinski definition) is 0. The van der Waals surface area contributed by atoms with Gasteiger partial charge >= 0.3 is 12.4 Å². The van der Waals surface area contributed by atoms with Gasteiger partial charge in [-0.15, -0.1) is 0 Å². The normalized spacial score (nSPS) is 14.5. The molecule has 152 valence electrons. The summed E-state index contributed by atoms with van der Waals surface area (Å²) >= 11 is 0. The molecule has 0 N–H and O–H groups in total. The summed E-state index contributed by atoms with van der Waals surface area (Å²) in [5.74, 6) is -2.24. The summed E-state index contributed by atoms with van der Waals surface area (Å²) in [7, 11) is 0. The number of rotatable bonds is 8. The molecule has 9 heteroatoms. The second-order valence-electron chi connectivity index (χ2n) is 5.84. The lowest BCUT2D eigenvalue weighted by Gasteiger charge is -2.26. The predicted octanol–water partition coefficient (Wildman–Crippen LogP) is 4.85. The maximum absolute atomic E-state index is 13.2. The van der Waals surface area contributed by atoms with Crippen molar-refractivity contribution in [1.82, 2.24) is 0 Å². The van der Waals surface area contributed by atoms with Crippen LogP contribution in [0.4, 0.5) is 26.3 Å². The summed E-state index contributed by atoms with van der Waals surface area (Å²) in [5, 5.41) is 0. The molecule has 0 radical (unpaired) electrons. The molecule has 2 rings (SSSR count). The summed E-state index contributed by atoms with van der Waals surface area (Å²) in [4.78, 5) is 12.1. The van der Waals surface area contributed by atoms with Gasteiger partial charge in [-0.3, -0.25) is 4.79 Å². The third-order valence-corrected chi connectivity index (χ3v) is 3.63. The van der Waals surface area contributed by atoms with Crippen molar-refractivity contribution in [3.05, 3.63) is 71.8 Å². The van der Waals surface area contributed by atoms with Crippen molar-refractivity contribution in [2.45, 2.75) is 37.8 Å². The Hall–Kier alpha value is -2.39. The van der Waals surface area contributed by atoms with Crippen LogP contribution in [0.1, 0.15) is 11.1 Å². The van der Waals surface area contributed by atoms with E-state index in [1.807, 2.05) is 0 Å². The Kier molecular flexibility index (Phi) is 7.20. The Labute approximate surface area is 156 Å². The van der Waals surface area contributed by atoms with Gasteiger partial charge in [-0.05, 0) is 11.1 Å². The molecule has 0 aliphatic carbocycles. The predicted molar refractivity (Wildman–Crippen MR) is 87.2 cm³/mol. The van der Waals surface area contributed by atoms with Gasteiger partial charge in [-0.1, -0.05) is 60.7 Å². The molecule has 2 aromatic rings. The molecule has 3 nitrogen and oxygen atoms in total. The number of carbonyl (C=O) groups is 1. The molecule has 0 aliphatic heterocycles. The Bertz CT molecular complexity index is 680. The molecule has 0 fully saturated rings. The van der Waals surface area contributed by atoms with Crippen LogP contribution in [0, 0.1) is 0 Å². The highest BCUT2D eigenvalue weighted by molar-refractivity contribution is 5.89. The van der Waals surface area contributed by atoms with Crippen LogP contribution in [0.2, 0.25) is 0 Å². The summed E-state index contributed by atoms with van der Waals surface area (Å²) in [6.07, 6.45) is -17.2. The molecule has 0 saturated carbocycles. The van der Waals surface area contributed by atoms with Crippen LogP contribution in [0.5, 0.6) is 0 Å². The molecule has 0 aromatic heterocycles. The van der Waals surface area contributed by atoms with Crippen LogP contribution >= 0.6 is 0 Å². The molecule has 0 saturated heterocycles. The van der Waals surface area contributed by atoms with Crippen molar-refractivity contribution in [3.8, 4) is 0 Å². The van der Waals surface area contributed by atoms with E-state index in [4.69, 9.17) is 0 Å². The van der Waals surface area contributed by atoms with E-state index in [0.717, 1.165) is 0 Å². The number of benzene rings is 2. The van der Waals surface area contributed by atoms with E-state index in [9.17, 15) is 31.1 Å². The molecule has 28 heavy (non-hydrogen) atoms. The van der Waals surface area contributed by atoms with Crippen LogP contribution in [0.15, 0.2) is 60.7 Å². The van der Waals surface area contributed by atoms with Crippen molar-refractivity contribution in [3.63, 3.8) is 0 Å². The molecule has 0 spiro atoms. The summed E-state index contributed by atoms with van der Waals surface area (Å²) < 4.78 is 88.4. The van der Waals surface area contributed by atoms with Gasteiger partial charge in [0.1, 0.15) is 0 Å². The first-order valence-electron chi connectivity index (χ1n) is 8.07. The zero-order valence-corrected chi connectivity index (χ0v) is 14.3. The molecule has 2 aromatic carbocycles. The molecular weight excluding hydrogens is 390 g/mol. The fourth-order valence-electron chi connectivity index (χ4n) is 2.32. The fraction of sp³-hybridized carbons (Fsp3) is 0.316. The summed E-state index contributed by atoms with van der Waals surface area (Å²) in [6, 6.07) is 15.0. The highest BCUT2D eigenvalue weighted by atomic mass is 19.4. The number of alkyl halides is 6. The van der Waals surface area contributed by atoms with Crippen LogP contribution in [-0.4, -0.2) is 30.3 Å². The van der Waals surface area contributed by atoms with Gasteiger partial charge in [0.25, 0.3) is 0 Å². The van der Waals surface area contributed by atoms with Gasteiger partial charge in [0.2, 0.25) is 18.0 Å². The largest absolute Gasteiger partial charge is 0.421 e. The zero-order valence-electron chi connectivity index (χ0n) is 14.3. The van der Waals surface area contributed by atoms with E-state index >= 15 is 0 Å². The Balaban J connectivity index is 2.16. The van der Waals surface area contributed by atoms with Crippen molar-refractivity contribution in [1.29, 1.82) is 0 Å². The van der Waals surface area contributed by atoms with E-state index in [1.54, 1.807) is 12.1 Å². The SMILES string of the molecule is O=C(C(OCc1ccccc1)C(F)(F)F)C(OCc1ccccc1)C(F)(F)F. The van der Waals surface area contributed by atoms with Gasteiger partial charge in [0.05, 0.1) is 13.2 Å². The van der Waals surface area contributed by atoms with E-state index in [2.05, 4.69) is 9.47 Å². The number of ketones is 1. The second kappa shape index (κ2) is 9.20. The van der Waals surface area contributed by atoms with E-state index in [0.29, 0.717) is 0 Å². The second-order valence-corrected chi connectivity index (χ2v) is 5.84. The summed E-state index contributed by atoms with van der Waals surface area (Å²) in [5.41, 5.74) is 0.552. The van der Waals surface area contributed by atoms with E-state index in [1.165, 1.54) is 48.5 Å². The monoisotopic (exact) mass is 406 g/mol. The third kappa shape index (κ3) is 6.35. The number of Topliss-reactive ketones (excluding diaryl/α,β-unsaturated/α-hetero) is 1. The fourth-order valence-corrected chi connectivity index (χ4v) is 2.32. The molecule has 0 aliphatic rings. The lowest BCUT2D eigenvalue weighted by Crippen LogP contribution is -2.50. The number of halogens is 6. The Morgan fingerprint density at radius 3 is 1.29 bits per heavy atom. The molecule has 0 heterocycles. The Morgan fingerprint density at radius 1 is 0.679 bits per heavy atom. The van der Waals surface area contributed by atoms with Crippen LogP contribution in [0.3, 0.4) is 0 Å². The minimum absolute atomic E-state index is 0.276. The molecule has 0 bridgehead atoms. The molecule has 0 amide bonds. The topological polar surface area (TPSA) is 35.5 Å². The molecule has 2 unspecified atom stereocenters. The smallest absolute Gasteiger partial charge is 0.357 e. The first-order chi connectivity index (χ1) is 13.1. The standard InChI is InChI=1S/C19H16F6O3/c20-18(21,22)16(27-11-13-7-3-1-4-8-13)15(26)17(19(23,24)25)28-12-14-9-5-2-6-10-14/h1-10,16-17H,11-12H2. The third-order valence-electron chi connectivity index (χ3n) is 3.63. The van der Waals surface area contributed by atoms with Gasteiger partial charge < -0.3 is 9.47 Å². The minimum Gasteiger partial charge on any atom is -0.357 e. The minimum atomic E-state index is -5.33. The number of hydrogen-bond acceptors (Lipinski definition) is 3. The van der Waals surface area contributed by atoms with Crippen molar-refractivity contribution < 1.29 is 40.6 Å². The number of ether oxygens (including phenoxy) is 2. The first-order valence-corrected chi connectivity index (χ1v) is 8.07. The van der Waals surface area contributed by atoms with E-state index < -0.39 is 43.6 Å². The highest BCUT2D eigenvalue weighted by Crippen LogP contribution is 2.32. The Morgan fingerprint density at radius 2 is 1.00 bits per heavy atom. The zero-order chi connectivity index (χ0) is 20.8. The summed E-state index contributed by atoms with van der Waals surface area (Å²) in [6.45, 7) is -1.36. The highest BCUT2D eigenvalue weighted by Gasteiger charge is 2.55. The molecule has 2 atom stereocenters. The average Bonchev–Trinajstić information content (AvgIpc) is 2.61. The van der Waals surface area contributed by atoms with Crippen LogP contribution in [0.25, 0.3) is 0 Å². The van der Waals surface area contributed by atoms with Crippen molar-refractivity contribution >= 4 is 5.78 Å². The van der Waals surface area contributed by atoms with Gasteiger partial charge in [0.15, 0.2) is 0 Å². The maximum Gasteiger partial charge on any atom is 0.421 e. The lowest BCUT2D eigenvalue weighted by molar-refractivity contribution is -0.249. The van der Waals surface area contributed by atoms with Gasteiger partial charge in [0, 0.05) is 0 Å². The van der Waals surface area contributed by atoms with Crippen molar-refractivity contribution in [2.75, 3.05) is 0 Å². The molecular formula is C19H16F6O3. The average molecular weight is 406 g/mol. The number of carbonyl (C=O) groups excluding carboxylic acids is 1. The van der Waals surface area contributed by atoms with Crippen LogP contribution in [-0.2, 0) is 27.5 Å².